The van der Waals surface area contributed by atoms with Crippen LogP contribution in [0.4, 0.5) is 0 Å². The van der Waals surface area contributed by atoms with E-state index in [-0.39, 0.29) is 5.56 Å². The summed E-state index contributed by atoms with van der Waals surface area (Å²) in [6, 6.07) is 14.5. The Hall–Kier alpha value is -2.46. The fourth-order valence-electron chi connectivity index (χ4n) is 3.21. The molecule has 0 N–H and O–H groups in total. The van der Waals surface area contributed by atoms with E-state index in [1.54, 1.807) is 23.4 Å². The highest BCUT2D eigenvalue weighted by Gasteiger charge is 2.09. The first-order valence-corrected chi connectivity index (χ1v) is 10.2. The van der Waals surface area contributed by atoms with Crippen molar-refractivity contribution in [1.29, 1.82) is 0 Å². The molecule has 0 atom stereocenters. The summed E-state index contributed by atoms with van der Waals surface area (Å²) >= 11 is 1.68. The fourth-order valence-corrected chi connectivity index (χ4v) is 3.69. The molecule has 1 heterocycles. The number of hydrogen-bond donors (Lipinski definition) is 0. The van der Waals surface area contributed by atoms with Gasteiger partial charge < -0.3 is 9.30 Å². The Morgan fingerprint density at radius 2 is 1.67 bits per heavy atom. The van der Waals surface area contributed by atoms with Crippen molar-refractivity contribution in [2.24, 2.45) is 7.05 Å². The molecule has 0 saturated heterocycles. The van der Waals surface area contributed by atoms with Crippen LogP contribution in [0, 0.1) is 20.8 Å². The third-order valence-electron chi connectivity index (χ3n) is 4.84. The van der Waals surface area contributed by atoms with Crippen LogP contribution in [-0.2, 0) is 13.7 Å². The van der Waals surface area contributed by atoms with Gasteiger partial charge in [-0.25, -0.2) is 0 Å². The number of nitrogens with zero attached hydrogens (tertiary/aromatic N) is 1. The molecule has 3 rings (SSSR count). The summed E-state index contributed by atoms with van der Waals surface area (Å²) in [4.78, 5) is 13.1. The molecule has 1 aromatic heterocycles. The standard InChI is InChI=1S/C23H25NO2S/c1-15-7-6-8-16(2)22(15)14-26-20-10-18(11-21(12-20)27-5)19-9-17(3)23(25)24(4)13-19/h6-13H,14H2,1-5H3. The van der Waals surface area contributed by atoms with E-state index in [2.05, 4.69) is 50.4 Å². The van der Waals surface area contributed by atoms with Crippen LogP contribution < -0.4 is 10.3 Å². The van der Waals surface area contributed by atoms with Crippen molar-refractivity contribution in [3.8, 4) is 16.9 Å². The minimum atomic E-state index is 0.0336. The Bertz CT molecular complexity index is 991. The largest absolute Gasteiger partial charge is 0.489 e. The van der Waals surface area contributed by atoms with Gasteiger partial charge in [0.25, 0.3) is 5.56 Å². The first kappa shape index (κ1) is 19.3. The molecule has 27 heavy (non-hydrogen) atoms. The lowest BCUT2D eigenvalue weighted by Gasteiger charge is -2.14. The number of thioether (sulfide) groups is 1. The van der Waals surface area contributed by atoms with Crippen LogP contribution >= 0.6 is 11.8 Å². The summed E-state index contributed by atoms with van der Waals surface area (Å²) in [6.07, 6.45) is 3.93. The second-order valence-corrected chi connectivity index (χ2v) is 7.76. The van der Waals surface area contributed by atoms with Gasteiger partial charge in [0.05, 0.1) is 0 Å². The molecule has 0 bridgehead atoms. The lowest BCUT2D eigenvalue weighted by atomic mass is 10.0. The minimum absolute atomic E-state index is 0.0336. The average Bonchev–Trinajstić information content (AvgIpc) is 2.65. The second-order valence-electron chi connectivity index (χ2n) is 6.88. The quantitative estimate of drug-likeness (QED) is 0.565. The van der Waals surface area contributed by atoms with E-state index < -0.39 is 0 Å². The fraction of sp³-hybridized carbons (Fsp3) is 0.261. The van der Waals surface area contributed by atoms with Crippen molar-refractivity contribution < 1.29 is 4.74 Å². The van der Waals surface area contributed by atoms with Gasteiger partial charge in [0.15, 0.2) is 0 Å². The number of hydrogen-bond acceptors (Lipinski definition) is 3. The molecule has 0 radical (unpaired) electrons. The van der Waals surface area contributed by atoms with Gasteiger partial charge in [-0.05, 0) is 79.1 Å². The van der Waals surface area contributed by atoms with E-state index in [0.717, 1.165) is 27.3 Å². The van der Waals surface area contributed by atoms with Crippen molar-refractivity contribution in [3.05, 3.63) is 81.3 Å². The van der Waals surface area contributed by atoms with E-state index in [4.69, 9.17) is 4.74 Å². The number of rotatable bonds is 5. The first-order chi connectivity index (χ1) is 12.9. The van der Waals surface area contributed by atoms with Gasteiger partial charge in [-0.2, -0.15) is 0 Å². The zero-order valence-corrected chi connectivity index (χ0v) is 17.3. The van der Waals surface area contributed by atoms with Gasteiger partial charge in [0.2, 0.25) is 0 Å². The van der Waals surface area contributed by atoms with Crippen molar-refractivity contribution in [1.82, 2.24) is 4.57 Å². The number of aryl methyl sites for hydroxylation is 4. The van der Waals surface area contributed by atoms with Gasteiger partial charge in [-0.3, -0.25) is 4.79 Å². The van der Waals surface area contributed by atoms with Crippen LogP contribution in [0.2, 0.25) is 0 Å². The molecule has 4 heteroatoms. The highest BCUT2D eigenvalue weighted by atomic mass is 32.2. The van der Waals surface area contributed by atoms with Gasteiger partial charge in [-0.1, -0.05) is 18.2 Å². The van der Waals surface area contributed by atoms with Gasteiger partial charge in [0, 0.05) is 23.7 Å². The third kappa shape index (κ3) is 4.28. The van der Waals surface area contributed by atoms with Gasteiger partial charge in [0.1, 0.15) is 12.4 Å². The van der Waals surface area contributed by atoms with E-state index >= 15 is 0 Å². The Labute approximate surface area is 165 Å². The SMILES string of the molecule is CSc1cc(OCc2c(C)cccc2C)cc(-c2cc(C)c(=O)n(C)c2)c1. The Balaban J connectivity index is 1.96. The molecule has 3 aromatic rings. The van der Waals surface area contributed by atoms with Gasteiger partial charge >= 0.3 is 0 Å². The normalized spacial score (nSPS) is 10.9. The summed E-state index contributed by atoms with van der Waals surface area (Å²) in [7, 11) is 1.79. The predicted octanol–water partition coefficient (Wildman–Crippen LogP) is 5.28. The molecule has 0 fully saturated rings. The summed E-state index contributed by atoms with van der Waals surface area (Å²) in [5.74, 6) is 0.839. The predicted molar refractivity (Wildman–Crippen MR) is 114 cm³/mol. The molecule has 2 aromatic carbocycles. The monoisotopic (exact) mass is 379 g/mol. The zero-order chi connectivity index (χ0) is 19.6. The maximum Gasteiger partial charge on any atom is 0.253 e. The van der Waals surface area contributed by atoms with Gasteiger partial charge in [-0.15, -0.1) is 11.8 Å². The summed E-state index contributed by atoms with van der Waals surface area (Å²) in [5, 5.41) is 0. The molecule has 0 aliphatic heterocycles. The van der Waals surface area contributed by atoms with E-state index in [9.17, 15) is 4.79 Å². The maximum atomic E-state index is 12.0. The topological polar surface area (TPSA) is 31.2 Å². The number of benzene rings is 2. The molecule has 0 unspecified atom stereocenters. The Kier molecular flexibility index (Phi) is 5.76. The summed E-state index contributed by atoms with van der Waals surface area (Å²) < 4.78 is 7.79. The molecule has 140 valence electrons. The lowest BCUT2D eigenvalue weighted by Crippen LogP contribution is -2.18. The Morgan fingerprint density at radius 3 is 2.30 bits per heavy atom. The smallest absolute Gasteiger partial charge is 0.253 e. The van der Waals surface area contributed by atoms with Crippen LogP contribution in [0.25, 0.3) is 11.1 Å². The minimum Gasteiger partial charge on any atom is -0.489 e. The molecule has 3 nitrogen and oxygen atoms in total. The highest BCUT2D eigenvalue weighted by Crippen LogP contribution is 2.31. The molecule has 0 aliphatic carbocycles. The maximum absolute atomic E-state index is 12.0. The zero-order valence-electron chi connectivity index (χ0n) is 16.5. The molecule has 0 spiro atoms. The summed E-state index contributed by atoms with van der Waals surface area (Å²) in [5.41, 5.74) is 6.55. The lowest BCUT2D eigenvalue weighted by molar-refractivity contribution is 0.304. The highest BCUT2D eigenvalue weighted by molar-refractivity contribution is 7.98. The Morgan fingerprint density at radius 1 is 0.963 bits per heavy atom. The molecule has 0 saturated carbocycles. The van der Waals surface area contributed by atoms with Crippen molar-refractivity contribution in [2.75, 3.05) is 6.26 Å². The van der Waals surface area contributed by atoms with Crippen LogP contribution in [0.15, 0.2) is 58.4 Å². The first-order valence-electron chi connectivity index (χ1n) is 8.93. The third-order valence-corrected chi connectivity index (χ3v) is 5.55. The number of ether oxygens (including phenoxy) is 1. The van der Waals surface area contributed by atoms with Crippen molar-refractivity contribution in [3.63, 3.8) is 0 Å². The number of aromatic nitrogens is 1. The number of pyridine rings is 1. The molecule has 0 aliphatic rings. The van der Waals surface area contributed by atoms with Crippen LogP contribution in [0.5, 0.6) is 5.75 Å². The second kappa shape index (κ2) is 8.05. The van der Waals surface area contributed by atoms with E-state index in [1.807, 2.05) is 25.3 Å². The summed E-state index contributed by atoms with van der Waals surface area (Å²) in [6.45, 7) is 6.62. The van der Waals surface area contributed by atoms with E-state index in [0.29, 0.717) is 6.61 Å². The van der Waals surface area contributed by atoms with Crippen LogP contribution in [-0.4, -0.2) is 10.8 Å². The molecular formula is C23H25NO2S. The molecule has 0 amide bonds. The van der Waals surface area contributed by atoms with Crippen LogP contribution in [0.1, 0.15) is 22.3 Å². The van der Waals surface area contributed by atoms with Crippen molar-refractivity contribution >= 4 is 11.8 Å². The average molecular weight is 380 g/mol. The molecular weight excluding hydrogens is 354 g/mol. The van der Waals surface area contributed by atoms with Crippen LogP contribution in [0.3, 0.4) is 0 Å². The van der Waals surface area contributed by atoms with E-state index in [1.165, 1.54) is 16.7 Å². The van der Waals surface area contributed by atoms with Crippen molar-refractivity contribution in [2.45, 2.75) is 32.3 Å².